The van der Waals surface area contributed by atoms with Gasteiger partial charge in [0.1, 0.15) is 4.88 Å². The van der Waals surface area contributed by atoms with Gasteiger partial charge in [0, 0.05) is 15.1 Å². The van der Waals surface area contributed by atoms with E-state index >= 15 is 0 Å². The van der Waals surface area contributed by atoms with Crippen molar-refractivity contribution >= 4 is 39.0 Å². The molecule has 0 radical (unpaired) electrons. The number of carbonyl (C=O) groups is 1. The molecule has 0 fully saturated rings. The predicted octanol–water partition coefficient (Wildman–Crippen LogP) is 4.21. The van der Waals surface area contributed by atoms with Crippen LogP contribution in [0.3, 0.4) is 0 Å². The largest absolute Gasteiger partial charge is 0.477 e. The average molecular weight is 255 g/mol. The second-order valence-electron chi connectivity index (χ2n) is 3.58. The van der Waals surface area contributed by atoms with Gasteiger partial charge in [-0.3, -0.25) is 0 Å². The zero-order valence-electron chi connectivity index (χ0n) is 8.79. The van der Waals surface area contributed by atoms with E-state index in [1.54, 1.807) is 6.07 Å². The van der Waals surface area contributed by atoms with E-state index in [9.17, 15) is 4.79 Å². The summed E-state index contributed by atoms with van der Waals surface area (Å²) in [5, 5.41) is 10.7. The number of carboxylic acids is 1. The molecular weight excluding hydrogens is 244 g/mol. The van der Waals surface area contributed by atoms with E-state index < -0.39 is 5.97 Å². The zero-order valence-corrected chi connectivity index (χ0v) is 10.4. The van der Waals surface area contributed by atoms with Crippen molar-refractivity contribution in [2.45, 2.75) is 19.8 Å². The molecule has 0 saturated carbocycles. The first-order valence-electron chi connectivity index (χ1n) is 5.08. The fraction of sp³-hybridized carbons (Fsp3) is 0.250. The Labute approximate surface area is 102 Å². The molecule has 4 heteroatoms. The smallest absolute Gasteiger partial charge is 0.346 e. The third kappa shape index (κ3) is 1.81. The van der Waals surface area contributed by atoms with Crippen molar-refractivity contribution in [1.29, 1.82) is 0 Å². The van der Waals surface area contributed by atoms with Gasteiger partial charge in [-0.25, -0.2) is 4.79 Å². The molecule has 0 spiro atoms. The van der Waals surface area contributed by atoms with E-state index in [0.717, 1.165) is 28.5 Å². The van der Waals surface area contributed by atoms with E-state index in [-0.39, 0.29) is 0 Å². The molecule has 0 aliphatic rings. The van der Waals surface area contributed by atoms with E-state index in [4.69, 9.17) is 16.7 Å². The lowest BCUT2D eigenvalue weighted by atomic mass is 10.1. The van der Waals surface area contributed by atoms with Crippen molar-refractivity contribution in [2.75, 3.05) is 0 Å². The van der Waals surface area contributed by atoms with Gasteiger partial charge in [-0.1, -0.05) is 31.0 Å². The summed E-state index contributed by atoms with van der Waals surface area (Å²) >= 11 is 7.43. The first kappa shape index (κ1) is 11.4. The third-order valence-electron chi connectivity index (χ3n) is 2.46. The molecule has 1 aromatic carbocycles. The van der Waals surface area contributed by atoms with E-state index in [1.807, 2.05) is 19.1 Å². The Morgan fingerprint density at radius 2 is 2.25 bits per heavy atom. The molecule has 0 amide bonds. The molecule has 0 saturated heterocycles. The number of carboxylic acid groups (broad SMARTS) is 1. The molecule has 1 aromatic heterocycles. The summed E-state index contributed by atoms with van der Waals surface area (Å²) in [6.07, 6.45) is 1.67. The number of hydrogen-bond donors (Lipinski definition) is 1. The highest BCUT2D eigenvalue weighted by Gasteiger charge is 2.18. The number of halogens is 1. The summed E-state index contributed by atoms with van der Waals surface area (Å²) < 4.78 is 0.952. The fourth-order valence-electron chi connectivity index (χ4n) is 1.83. The standard InChI is InChI=1S/C12H11ClO2S/c1-2-4-7-10-8(13)5-3-6-9(10)16-11(7)12(14)15/h3,5-6H,2,4H2,1H3,(H,14,15). The van der Waals surface area contributed by atoms with Gasteiger partial charge in [0.25, 0.3) is 0 Å². The number of benzene rings is 1. The van der Waals surface area contributed by atoms with Crippen LogP contribution in [-0.4, -0.2) is 11.1 Å². The van der Waals surface area contributed by atoms with Gasteiger partial charge in [-0.15, -0.1) is 11.3 Å². The minimum atomic E-state index is -0.860. The van der Waals surface area contributed by atoms with E-state index in [0.29, 0.717) is 9.90 Å². The van der Waals surface area contributed by atoms with Crippen molar-refractivity contribution in [3.05, 3.63) is 33.7 Å². The van der Waals surface area contributed by atoms with Gasteiger partial charge in [0.2, 0.25) is 0 Å². The Hall–Kier alpha value is -1.06. The number of aromatic carboxylic acids is 1. The van der Waals surface area contributed by atoms with Gasteiger partial charge in [0.05, 0.1) is 0 Å². The van der Waals surface area contributed by atoms with Gasteiger partial charge in [-0.2, -0.15) is 0 Å². The minimum absolute atomic E-state index is 0.421. The zero-order chi connectivity index (χ0) is 11.7. The van der Waals surface area contributed by atoms with Crippen LogP contribution in [0.4, 0.5) is 0 Å². The van der Waals surface area contributed by atoms with Gasteiger partial charge >= 0.3 is 5.97 Å². The lowest BCUT2D eigenvalue weighted by Gasteiger charge is -2.00. The first-order valence-corrected chi connectivity index (χ1v) is 6.27. The molecule has 2 rings (SSSR count). The molecule has 0 atom stereocenters. The van der Waals surface area contributed by atoms with Gasteiger partial charge in [-0.05, 0) is 24.1 Å². The normalized spacial score (nSPS) is 10.9. The van der Waals surface area contributed by atoms with Gasteiger partial charge in [0.15, 0.2) is 0 Å². The number of thiophene rings is 1. The van der Waals surface area contributed by atoms with Crippen molar-refractivity contribution in [2.24, 2.45) is 0 Å². The average Bonchev–Trinajstić information content (AvgIpc) is 2.59. The Kier molecular flexibility index (Phi) is 3.17. The van der Waals surface area contributed by atoms with Crippen LogP contribution in [0.5, 0.6) is 0 Å². The summed E-state index contributed by atoms with van der Waals surface area (Å²) in [5.74, 6) is -0.860. The van der Waals surface area contributed by atoms with Crippen LogP contribution in [0, 0.1) is 0 Å². The lowest BCUT2D eigenvalue weighted by Crippen LogP contribution is -1.97. The quantitative estimate of drug-likeness (QED) is 0.891. The molecule has 2 aromatic rings. The summed E-state index contributed by atoms with van der Waals surface area (Å²) in [7, 11) is 0. The summed E-state index contributed by atoms with van der Waals surface area (Å²) in [5.41, 5.74) is 0.876. The Balaban J connectivity index is 2.77. The molecule has 2 nitrogen and oxygen atoms in total. The van der Waals surface area contributed by atoms with E-state index in [1.165, 1.54) is 11.3 Å². The highest BCUT2D eigenvalue weighted by atomic mass is 35.5. The molecule has 84 valence electrons. The highest BCUT2D eigenvalue weighted by molar-refractivity contribution is 7.21. The van der Waals surface area contributed by atoms with Crippen molar-refractivity contribution in [3.63, 3.8) is 0 Å². The third-order valence-corrected chi connectivity index (χ3v) is 3.96. The molecule has 0 aliphatic carbocycles. The molecule has 0 unspecified atom stereocenters. The van der Waals surface area contributed by atoms with Crippen LogP contribution in [-0.2, 0) is 6.42 Å². The van der Waals surface area contributed by atoms with E-state index in [2.05, 4.69) is 0 Å². The van der Waals surface area contributed by atoms with Crippen LogP contribution in [0.15, 0.2) is 18.2 Å². The van der Waals surface area contributed by atoms with Crippen LogP contribution in [0.25, 0.3) is 10.1 Å². The number of fused-ring (bicyclic) bond motifs is 1. The SMILES string of the molecule is CCCc1c(C(=O)O)sc2cccc(Cl)c12. The topological polar surface area (TPSA) is 37.3 Å². The summed E-state index contributed by atoms with van der Waals surface area (Å²) in [6, 6.07) is 5.57. The number of hydrogen-bond acceptors (Lipinski definition) is 2. The number of rotatable bonds is 3. The molecule has 16 heavy (non-hydrogen) atoms. The molecule has 1 N–H and O–H groups in total. The lowest BCUT2D eigenvalue weighted by molar-refractivity contribution is 0.0701. The van der Waals surface area contributed by atoms with Crippen LogP contribution in [0.1, 0.15) is 28.6 Å². The Morgan fingerprint density at radius 1 is 1.50 bits per heavy atom. The fourth-order valence-corrected chi connectivity index (χ4v) is 3.29. The van der Waals surface area contributed by atoms with Crippen LogP contribution < -0.4 is 0 Å². The first-order chi connectivity index (χ1) is 7.65. The molecular formula is C12H11ClO2S. The molecule has 1 heterocycles. The Morgan fingerprint density at radius 3 is 2.88 bits per heavy atom. The maximum atomic E-state index is 11.1. The maximum absolute atomic E-state index is 11.1. The monoisotopic (exact) mass is 254 g/mol. The van der Waals surface area contributed by atoms with Crippen molar-refractivity contribution in [3.8, 4) is 0 Å². The van der Waals surface area contributed by atoms with Crippen molar-refractivity contribution < 1.29 is 9.90 Å². The second kappa shape index (κ2) is 4.44. The van der Waals surface area contributed by atoms with Crippen LogP contribution >= 0.6 is 22.9 Å². The summed E-state index contributed by atoms with van der Waals surface area (Å²) in [4.78, 5) is 11.6. The Bertz CT molecular complexity index is 545. The molecule has 0 bridgehead atoms. The van der Waals surface area contributed by atoms with Gasteiger partial charge < -0.3 is 5.11 Å². The van der Waals surface area contributed by atoms with Crippen LogP contribution in [0.2, 0.25) is 5.02 Å². The number of aryl methyl sites for hydroxylation is 1. The predicted molar refractivity (Wildman–Crippen MR) is 67.8 cm³/mol. The highest BCUT2D eigenvalue weighted by Crippen LogP contribution is 2.36. The molecule has 0 aliphatic heterocycles. The van der Waals surface area contributed by atoms with Crippen molar-refractivity contribution in [1.82, 2.24) is 0 Å². The minimum Gasteiger partial charge on any atom is -0.477 e. The maximum Gasteiger partial charge on any atom is 0.346 e. The summed E-state index contributed by atoms with van der Waals surface area (Å²) in [6.45, 7) is 2.03. The second-order valence-corrected chi connectivity index (χ2v) is 5.04.